The second-order valence-electron chi connectivity index (χ2n) is 5.85. The number of amides is 2. The van der Waals surface area contributed by atoms with Gasteiger partial charge in [0.25, 0.3) is 5.91 Å². The highest BCUT2D eigenvalue weighted by Gasteiger charge is 2.22. The first-order valence-corrected chi connectivity index (χ1v) is 7.80. The molecule has 1 aliphatic rings. The van der Waals surface area contributed by atoms with Crippen LogP contribution in [-0.4, -0.2) is 33.4 Å². The Hall–Kier alpha value is -3.65. The van der Waals surface area contributed by atoms with Crippen LogP contribution in [-0.2, 0) is 6.61 Å². The molecule has 2 amide bonds. The van der Waals surface area contributed by atoms with Crippen LogP contribution in [0.2, 0.25) is 0 Å². The van der Waals surface area contributed by atoms with Gasteiger partial charge in [0.2, 0.25) is 0 Å². The summed E-state index contributed by atoms with van der Waals surface area (Å²) < 4.78 is 0. The van der Waals surface area contributed by atoms with E-state index in [1.54, 1.807) is 12.3 Å². The summed E-state index contributed by atoms with van der Waals surface area (Å²) in [6, 6.07) is 10.5. The second-order valence-corrected chi connectivity index (χ2v) is 5.85. The third kappa shape index (κ3) is 2.58. The first kappa shape index (κ1) is 15.9. The molecule has 0 aliphatic carbocycles. The van der Waals surface area contributed by atoms with Gasteiger partial charge in [0.05, 0.1) is 24.1 Å². The van der Waals surface area contributed by atoms with E-state index < -0.39 is 12.0 Å². The summed E-state index contributed by atoms with van der Waals surface area (Å²) in [5, 5.41) is 25.2. The van der Waals surface area contributed by atoms with Gasteiger partial charge in [0.15, 0.2) is 0 Å². The highest BCUT2D eigenvalue weighted by molar-refractivity contribution is 6.18. The number of carbonyl (C=O) groups is 2. The largest absolute Gasteiger partial charge is 0.465 e. The van der Waals surface area contributed by atoms with Crippen LogP contribution in [0.4, 0.5) is 10.5 Å². The minimum Gasteiger partial charge on any atom is -0.465 e. The molecule has 1 aliphatic heterocycles. The summed E-state index contributed by atoms with van der Waals surface area (Å²) in [4.78, 5) is 26.5. The van der Waals surface area contributed by atoms with E-state index >= 15 is 0 Å². The summed E-state index contributed by atoms with van der Waals surface area (Å²) in [7, 11) is 0. The van der Waals surface area contributed by atoms with Gasteiger partial charge < -0.3 is 15.2 Å². The third-order valence-electron chi connectivity index (χ3n) is 4.19. The molecule has 26 heavy (non-hydrogen) atoms. The number of H-pyrrole nitrogens is 1. The standard InChI is InChI=1S/C18H14N4O4/c23-8-9-2-1-3-10(4-9)16-13-7-19-22-17(24)12-5-11(20-18(25)26)6-14(21-16)15(12)13/h1-7,20-21,23H,8H2,(H,22,24)(H,25,26). The van der Waals surface area contributed by atoms with E-state index in [-0.39, 0.29) is 12.3 Å². The summed E-state index contributed by atoms with van der Waals surface area (Å²) in [5.74, 6) is -0.423. The molecule has 0 saturated heterocycles. The predicted octanol–water partition coefficient (Wildman–Crippen LogP) is 2.49. The lowest BCUT2D eigenvalue weighted by Gasteiger charge is -2.05. The molecule has 0 spiro atoms. The number of hydrogen-bond acceptors (Lipinski definition) is 4. The number of aliphatic hydroxyl groups is 1. The Balaban J connectivity index is 2.00. The Labute approximate surface area is 147 Å². The zero-order valence-electron chi connectivity index (χ0n) is 13.4. The summed E-state index contributed by atoms with van der Waals surface area (Å²) in [5.41, 5.74) is 6.64. The van der Waals surface area contributed by atoms with Gasteiger partial charge in [-0.1, -0.05) is 18.2 Å². The molecular weight excluding hydrogens is 336 g/mol. The number of aliphatic hydroxyl groups excluding tert-OH is 1. The van der Waals surface area contributed by atoms with Crippen molar-refractivity contribution in [2.24, 2.45) is 5.10 Å². The predicted molar refractivity (Wildman–Crippen MR) is 96.4 cm³/mol. The van der Waals surface area contributed by atoms with E-state index in [0.717, 1.165) is 16.8 Å². The fourth-order valence-electron chi connectivity index (χ4n) is 3.13. The molecule has 1 aromatic heterocycles. The van der Waals surface area contributed by atoms with E-state index in [1.807, 2.05) is 24.3 Å². The normalized spacial score (nSPS) is 12.7. The quantitative estimate of drug-likeness (QED) is 0.497. The Morgan fingerprint density at radius 1 is 1.23 bits per heavy atom. The molecule has 130 valence electrons. The number of aromatic nitrogens is 1. The van der Waals surface area contributed by atoms with Gasteiger partial charge >= 0.3 is 6.09 Å². The van der Waals surface area contributed by atoms with E-state index in [0.29, 0.717) is 22.0 Å². The Morgan fingerprint density at radius 2 is 2.08 bits per heavy atom. The zero-order chi connectivity index (χ0) is 18.3. The van der Waals surface area contributed by atoms with Gasteiger partial charge in [-0.3, -0.25) is 10.1 Å². The molecule has 3 aromatic rings. The number of anilines is 1. The minimum absolute atomic E-state index is 0.0878. The summed E-state index contributed by atoms with van der Waals surface area (Å²) >= 11 is 0. The van der Waals surface area contributed by atoms with E-state index in [4.69, 9.17) is 5.11 Å². The summed E-state index contributed by atoms with van der Waals surface area (Å²) in [6.07, 6.45) is 0.336. The second kappa shape index (κ2) is 6.01. The lowest BCUT2D eigenvalue weighted by Crippen LogP contribution is -2.17. The average Bonchev–Trinajstić information content (AvgIpc) is 2.90. The summed E-state index contributed by atoms with van der Waals surface area (Å²) in [6.45, 7) is -0.0878. The zero-order valence-corrected chi connectivity index (χ0v) is 13.4. The first-order valence-electron chi connectivity index (χ1n) is 7.80. The van der Waals surface area contributed by atoms with E-state index in [1.165, 1.54) is 6.07 Å². The van der Waals surface area contributed by atoms with Crippen molar-refractivity contribution in [1.29, 1.82) is 0 Å². The van der Waals surface area contributed by atoms with E-state index in [9.17, 15) is 14.7 Å². The molecule has 0 bridgehead atoms. The lowest BCUT2D eigenvalue weighted by molar-refractivity contribution is 0.0957. The molecule has 4 rings (SSSR count). The van der Waals surface area contributed by atoms with Crippen LogP contribution in [0.25, 0.3) is 22.2 Å². The third-order valence-corrected chi connectivity index (χ3v) is 4.19. The van der Waals surface area contributed by atoms with Crippen molar-refractivity contribution in [3.8, 4) is 11.3 Å². The van der Waals surface area contributed by atoms with E-state index in [2.05, 4.69) is 20.8 Å². The maximum Gasteiger partial charge on any atom is 0.409 e. The van der Waals surface area contributed by atoms with Crippen LogP contribution in [0.15, 0.2) is 41.5 Å². The van der Waals surface area contributed by atoms with Crippen molar-refractivity contribution in [1.82, 2.24) is 10.4 Å². The Bertz CT molecular complexity index is 1080. The number of aromatic amines is 1. The smallest absolute Gasteiger partial charge is 0.409 e. The number of benzene rings is 2. The Morgan fingerprint density at radius 3 is 2.85 bits per heavy atom. The van der Waals surface area contributed by atoms with Crippen molar-refractivity contribution in [2.75, 3.05) is 5.32 Å². The molecule has 2 aromatic carbocycles. The topological polar surface area (TPSA) is 127 Å². The molecule has 0 radical (unpaired) electrons. The molecule has 0 fully saturated rings. The number of carbonyl (C=O) groups excluding carboxylic acids is 1. The van der Waals surface area contributed by atoms with Crippen LogP contribution >= 0.6 is 0 Å². The van der Waals surface area contributed by atoms with Crippen molar-refractivity contribution in [2.45, 2.75) is 6.61 Å². The number of nitrogens with zero attached hydrogens (tertiary/aromatic N) is 1. The maximum atomic E-state index is 12.3. The number of hydrogen-bond donors (Lipinski definition) is 5. The Kier molecular flexibility index (Phi) is 3.67. The van der Waals surface area contributed by atoms with Gasteiger partial charge in [-0.05, 0) is 29.3 Å². The first-order chi connectivity index (χ1) is 12.6. The fourth-order valence-corrected chi connectivity index (χ4v) is 3.13. The van der Waals surface area contributed by atoms with Crippen molar-refractivity contribution in [3.63, 3.8) is 0 Å². The van der Waals surface area contributed by atoms with Crippen LogP contribution in [0.1, 0.15) is 21.5 Å². The minimum atomic E-state index is -1.22. The van der Waals surface area contributed by atoms with Gasteiger partial charge in [-0.2, -0.15) is 5.10 Å². The average molecular weight is 350 g/mol. The fraction of sp³-hybridized carbons (Fsp3) is 0.0556. The van der Waals surface area contributed by atoms with Gasteiger partial charge in [-0.15, -0.1) is 0 Å². The highest BCUT2D eigenvalue weighted by atomic mass is 16.4. The van der Waals surface area contributed by atoms with Crippen LogP contribution in [0, 0.1) is 0 Å². The molecule has 2 heterocycles. The van der Waals surface area contributed by atoms with Crippen molar-refractivity contribution < 1.29 is 19.8 Å². The highest BCUT2D eigenvalue weighted by Crippen LogP contribution is 2.34. The van der Waals surface area contributed by atoms with Crippen molar-refractivity contribution in [3.05, 3.63) is 53.1 Å². The number of hydrazone groups is 1. The molecule has 8 nitrogen and oxygen atoms in total. The molecule has 5 N–H and O–H groups in total. The van der Waals surface area contributed by atoms with Gasteiger partial charge in [-0.25, -0.2) is 10.2 Å². The SMILES string of the molecule is O=C(O)Nc1cc2c3c(c(-c4cccc(CO)c4)[nH]c3c1)C=NNC2=O. The lowest BCUT2D eigenvalue weighted by atomic mass is 10.0. The van der Waals surface area contributed by atoms with Gasteiger partial charge in [0.1, 0.15) is 0 Å². The molecule has 0 unspecified atom stereocenters. The van der Waals surface area contributed by atoms with Crippen LogP contribution in [0.5, 0.6) is 0 Å². The molecular formula is C18H14N4O4. The van der Waals surface area contributed by atoms with Crippen molar-refractivity contribution >= 4 is 34.8 Å². The maximum absolute atomic E-state index is 12.3. The molecule has 0 atom stereocenters. The van der Waals surface area contributed by atoms with Crippen LogP contribution in [0.3, 0.4) is 0 Å². The van der Waals surface area contributed by atoms with Gasteiger partial charge in [0, 0.05) is 22.2 Å². The monoisotopic (exact) mass is 350 g/mol. The number of nitrogens with one attached hydrogen (secondary N) is 3. The molecule has 8 heteroatoms. The van der Waals surface area contributed by atoms with Crippen LogP contribution < -0.4 is 10.7 Å². The number of carboxylic acid groups (broad SMARTS) is 1. The number of rotatable bonds is 3. The molecule has 0 saturated carbocycles.